The minimum atomic E-state index is 0. The van der Waals surface area contributed by atoms with Gasteiger partial charge in [-0.15, -0.1) is 12.4 Å². The fourth-order valence-corrected chi connectivity index (χ4v) is 3.98. The summed E-state index contributed by atoms with van der Waals surface area (Å²) in [6.45, 7) is 8.41. The third kappa shape index (κ3) is 5.14. The first-order valence-electron chi connectivity index (χ1n) is 8.69. The summed E-state index contributed by atoms with van der Waals surface area (Å²) in [4.78, 5) is 14.6. The van der Waals surface area contributed by atoms with Gasteiger partial charge in [0.15, 0.2) is 0 Å². The summed E-state index contributed by atoms with van der Waals surface area (Å²) in [5.74, 6) is 1.69. The number of piperidine rings is 1. The largest absolute Gasteiger partial charge is 0.343 e. The van der Waals surface area contributed by atoms with Crippen LogP contribution < -0.4 is 5.32 Å². The predicted molar refractivity (Wildman–Crippen MR) is 90.9 cm³/mol. The van der Waals surface area contributed by atoms with Crippen LogP contribution in [0.1, 0.15) is 65.7 Å². The zero-order valence-corrected chi connectivity index (χ0v) is 14.8. The molecule has 2 fully saturated rings. The summed E-state index contributed by atoms with van der Waals surface area (Å²) in [5, 5.41) is 3.66. The first-order valence-corrected chi connectivity index (χ1v) is 8.69. The van der Waals surface area contributed by atoms with Crippen molar-refractivity contribution in [3.05, 3.63) is 0 Å². The lowest BCUT2D eigenvalue weighted by Crippen LogP contribution is -2.41. The van der Waals surface area contributed by atoms with Crippen molar-refractivity contribution in [2.24, 2.45) is 11.8 Å². The van der Waals surface area contributed by atoms with Crippen LogP contribution in [0.4, 0.5) is 0 Å². The molecule has 0 saturated carbocycles. The molecule has 2 bridgehead atoms. The maximum Gasteiger partial charge on any atom is 0.222 e. The Morgan fingerprint density at radius 2 is 1.71 bits per heavy atom. The van der Waals surface area contributed by atoms with Crippen molar-refractivity contribution in [1.29, 1.82) is 0 Å². The number of carbonyl (C=O) groups excluding carboxylic acids is 1. The maximum absolute atomic E-state index is 12.5. The number of fused-ring (bicyclic) bond motifs is 2. The quantitative estimate of drug-likeness (QED) is 0.778. The first-order chi connectivity index (χ1) is 9.66. The van der Waals surface area contributed by atoms with Crippen LogP contribution in [0.5, 0.6) is 0 Å². The van der Waals surface area contributed by atoms with Crippen LogP contribution in [-0.2, 0) is 4.79 Å². The fraction of sp³-hybridized carbons (Fsp3) is 0.941. The molecule has 2 unspecified atom stereocenters. The molecule has 124 valence electrons. The summed E-state index contributed by atoms with van der Waals surface area (Å²) < 4.78 is 0. The smallest absolute Gasteiger partial charge is 0.222 e. The van der Waals surface area contributed by atoms with Crippen molar-refractivity contribution in [1.82, 2.24) is 10.2 Å². The second kappa shape index (κ2) is 8.99. The van der Waals surface area contributed by atoms with Gasteiger partial charge >= 0.3 is 0 Å². The van der Waals surface area contributed by atoms with Gasteiger partial charge in [0.05, 0.1) is 0 Å². The summed E-state index contributed by atoms with van der Waals surface area (Å²) in [5.41, 5.74) is 0. The SMILES string of the molecule is CCC(CC)CN(CC)C(=O)CC1CC2CCC(C1)N2.Cl. The number of carbonyl (C=O) groups is 1. The number of halogens is 1. The fourth-order valence-electron chi connectivity index (χ4n) is 3.98. The number of nitrogens with zero attached hydrogens (tertiary/aromatic N) is 1. The van der Waals surface area contributed by atoms with E-state index in [-0.39, 0.29) is 12.4 Å². The average Bonchev–Trinajstić information content (AvgIpc) is 2.79. The van der Waals surface area contributed by atoms with Crippen LogP contribution in [0.15, 0.2) is 0 Å². The molecule has 3 nitrogen and oxygen atoms in total. The molecule has 0 aliphatic carbocycles. The molecule has 0 aromatic carbocycles. The van der Waals surface area contributed by atoms with E-state index in [0.717, 1.165) is 19.5 Å². The molecule has 0 spiro atoms. The van der Waals surface area contributed by atoms with E-state index in [2.05, 4.69) is 31.0 Å². The van der Waals surface area contributed by atoms with Gasteiger partial charge in [-0.3, -0.25) is 4.79 Å². The molecular weight excluding hydrogens is 284 g/mol. The van der Waals surface area contributed by atoms with Gasteiger partial charge in [-0.1, -0.05) is 26.7 Å². The molecule has 2 aliphatic rings. The van der Waals surface area contributed by atoms with Gasteiger partial charge in [0.1, 0.15) is 0 Å². The topological polar surface area (TPSA) is 32.3 Å². The van der Waals surface area contributed by atoms with Crippen molar-refractivity contribution < 1.29 is 4.79 Å². The van der Waals surface area contributed by atoms with Crippen molar-refractivity contribution in [2.45, 2.75) is 77.8 Å². The third-order valence-corrected chi connectivity index (χ3v) is 5.40. The Hall–Kier alpha value is -0.280. The van der Waals surface area contributed by atoms with Crippen LogP contribution >= 0.6 is 12.4 Å². The molecule has 2 rings (SSSR count). The van der Waals surface area contributed by atoms with E-state index in [1.165, 1.54) is 38.5 Å². The molecule has 21 heavy (non-hydrogen) atoms. The van der Waals surface area contributed by atoms with Gasteiger partial charge in [0.2, 0.25) is 5.91 Å². The lowest BCUT2D eigenvalue weighted by Gasteiger charge is -2.31. The minimum Gasteiger partial charge on any atom is -0.343 e. The number of hydrogen-bond acceptors (Lipinski definition) is 2. The van der Waals surface area contributed by atoms with E-state index in [4.69, 9.17) is 0 Å². The zero-order valence-electron chi connectivity index (χ0n) is 13.9. The van der Waals surface area contributed by atoms with Gasteiger partial charge in [-0.2, -0.15) is 0 Å². The van der Waals surface area contributed by atoms with Gasteiger partial charge in [-0.25, -0.2) is 0 Å². The van der Waals surface area contributed by atoms with Gasteiger partial charge < -0.3 is 10.2 Å². The average molecular weight is 317 g/mol. The van der Waals surface area contributed by atoms with Crippen LogP contribution in [-0.4, -0.2) is 36.0 Å². The standard InChI is InChI=1S/C17H32N2O.ClH/c1-4-13(5-2)12-19(6-3)17(20)11-14-9-15-7-8-16(10-14)18-15;/h13-16,18H,4-12H2,1-3H3;1H. The van der Waals surface area contributed by atoms with Crippen molar-refractivity contribution in [3.63, 3.8) is 0 Å². The molecule has 0 aromatic heterocycles. The Kier molecular flexibility index (Phi) is 8.04. The molecule has 1 amide bonds. The number of rotatable bonds is 7. The molecule has 0 radical (unpaired) electrons. The highest BCUT2D eigenvalue weighted by Crippen LogP contribution is 2.33. The Balaban J connectivity index is 0.00000220. The van der Waals surface area contributed by atoms with Gasteiger partial charge in [-0.05, 0) is 44.4 Å². The summed E-state index contributed by atoms with van der Waals surface area (Å²) in [6.07, 6.45) is 8.20. The molecular formula is C17H33ClN2O. The van der Waals surface area contributed by atoms with Crippen molar-refractivity contribution in [2.75, 3.05) is 13.1 Å². The Morgan fingerprint density at radius 3 is 2.19 bits per heavy atom. The van der Waals surface area contributed by atoms with Gasteiger partial charge in [0, 0.05) is 31.6 Å². The number of hydrogen-bond donors (Lipinski definition) is 1. The Morgan fingerprint density at radius 1 is 1.14 bits per heavy atom. The lowest BCUT2D eigenvalue weighted by molar-refractivity contribution is -0.133. The van der Waals surface area contributed by atoms with E-state index < -0.39 is 0 Å². The number of amides is 1. The second-order valence-electron chi connectivity index (χ2n) is 6.79. The van der Waals surface area contributed by atoms with E-state index in [0.29, 0.717) is 29.8 Å². The molecule has 2 heterocycles. The molecule has 2 aliphatic heterocycles. The Bertz CT molecular complexity index is 308. The monoisotopic (exact) mass is 316 g/mol. The molecule has 4 heteroatoms. The predicted octanol–water partition coefficient (Wildman–Crippen LogP) is 3.61. The van der Waals surface area contributed by atoms with Crippen molar-refractivity contribution in [3.8, 4) is 0 Å². The molecule has 0 aromatic rings. The van der Waals surface area contributed by atoms with E-state index in [9.17, 15) is 4.79 Å². The first kappa shape index (κ1) is 18.8. The van der Waals surface area contributed by atoms with Gasteiger partial charge in [0.25, 0.3) is 0 Å². The third-order valence-electron chi connectivity index (χ3n) is 5.40. The van der Waals surface area contributed by atoms with Crippen LogP contribution in [0.3, 0.4) is 0 Å². The van der Waals surface area contributed by atoms with E-state index in [1.807, 2.05) is 0 Å². The van der Waals surface area contributed by atoms with E-state index >= 15 is 0 Å². The second-order valence-corrected chi connectivity index (χ2v) is 6.79. The molecule has 1 N–H and O–H groups in total. The lowest BCUT2D eigenvalue weighted by atomic mass is 9.89. The number of nitrogens with one attached hydrogen (secondary N) is 1. The highest BCUT2D eigenvalue weighted by atomic mass is 35.5. The summed E-state index contributed by atoms with van der Waals surface area (Å²) in [6, 6.07) is 1.39. The Labute approximate surface area is 136 Å². The minimum absolute atomic E-state index is 0. The summed E-state index contributed by atoms with van der Waals surface area (Å²) in [7, 11) is 0. The zero-order chi connectivity index (χ0) is 14.5. The molecule has 2 saturated heterocycles. The molecule has 2 atom stereocenters. The summed E-state index contributed by atoms with van der Waals surface area (Å²) >= 11 is 0. The van der Waals surface area contributed by atoms with Crippen molar-refractivity contribution >= 4 is 18.3 Å². The van der Waals surface area contributed by atoms with Crippen LogP contribution in [0.2, 0.25) is 0 Å². The van der Waals surface area contributed by atoms with Crippen LogP contribution in [0.25, 0.3) is 0 Å². The highest BCUT2D eigenvalue weighted by molar-refractivity contribution is 5.85. The highest BCUT2D eigenvalue weighted by Gasteiger charge is 2.34. The normalized spacial score (nSPS) is 27.5. The maximum atomic E-state index is 12.5. The van der Waals surface area contributed by atoms with Crippen LogP contribution in [0, 0.1) is 11.8 Å². The van der Waals surface area contributed by atoms with E-state index in [1.54, 1.807) is 0 Å².